The first kappa shape index (κ1) is 10.6. The van der Waals surface area contributed by atoms with Crippen molar-refractivity contribution in [2.45, 2.75) is 32.2 Å². The number of nitrogens with zero attached hydrogens (tertiary/aromatic N) is 1. The van der Waals surface area contributed by atoms with Gasteiger partial charge in [0, 0.05) is 19.7 Å². The summed E-state index contributed by atoms with van der Waals surface area (Å²) in [5.74, 6) is 3.35. The minimum Gasteiger partial charge on any atom is -0.375 e. The van der Waals surface area contributed by atoms with Crippen LogP contribution in [0.3, 0.4) is 0 Å². The Balaban J connectivity index is 1.83. The van der Waals surface area contributed by atoms with Crippen LogP contribution < -0.4 is 0 Å². The lowest BCUT2D eigenvalue weighted by atomic mass is 9.78. The molecule has 5 atom stereocenters. The van der Waals surface area contributed by atoms with E-state index in [4.69, 9.17) is 4.74 Å². The maximum Gasteiger partial charge on any atom is 0.248 e. The zero-order chi connectivity index (χ0) is 11.3. The molecular formula is C13H21NO2. The lowest BCUT2D eigenvalue weighted by Crippen LogP contribution is -2.51. The van der Waals surface area contributed by atoms with Gasteiger partial charge in [0.1, 0.15) is 6.61 Å². The zero-order valence-corrected chi connectivity index (χ0v) is 10.2. The summed E-state index contributed by atoms with van der Waals surface area (Å²) in [6.45, 7) is 3.59. The molecule has 0 spiro atoms. The third-order valence-corrected chi connectivity index (χ3v) is 5.05. The van der Waals surface area contributed by atoms with Gasteiger partial charge in [-0.1, -0.05) is 6.92 Å². The standard InChI is InChI=1S/C13H21NO2/c1-8-10-3-9-4-11(5-10)13(8)14(6-9)12(15)7-16-2/h8-11,13H,3-7H2,1-2H3. The monoisotopic (exact) mass is 223 g/mol. The predicted molar refractivity (Wildman–Crippen MR) is 60.9 cm³/mol. The Morgan fingerprint density at radius 3 is 2.81 bits per heavy atom. The van der Waals surface area contributed by atoms with E-state index in [1.54, 1.807) is 7.11 Å². The van der Waals surface area contributed by atoms with Crippen LogP contribution in [-0.4, -0.2) is 37.1 Å². The first-order chi connectivity index (χ1) is 7.70. The number of rotatable bonds is 2. The maximum atomic E-state index is 12.1. The average molecular weight is 223 g/mol. The molecule has 0 aromatic carbocycles. The van der Waals surface area contributed by atoms with Gasteiger partial charge in [-0.3, -0.25) is 4.79 Å². The summed E-state index contributed by atoms with van der Waals surface area (Å²) in [7, 11) is 1.61. The summed E-state index contributed by atoms with van der Waals surface area (Å²) in [5, 5.41) is 0. The van der Waals surface area contributed by atoms with Crippen LogP contribution in [0, 0.1) is 23.7 Å². The van der Waals surface area contributed by atoms with E-state index in [-0.39, 0.29) is 12.5 Å². The lowest BCUT2D eigenvalue weighted by molar-refractivity contribution is -0.141. The van der Waals surface area contributed by atoms with Crippen molar-refractivity contribution < 1.29 is 9.53 Å². The molecule has 0 radical (unpaired) electrons. The molecule has 5 unspecified atom stereocenters. The molecule has 1 saturated heterocycles. The van der Waals surface area contributed by atoms with Gasteiger partial charge in [-0.15, -0.1) is 0 Å². The van der Waals surface area contributed by atoms with Crippen LogP contribution >= 0.6 is 0 Å². The molecule has 1 aliphatic heterocycles. The molecule has 16 heavy (non-hydrogen) atoms. The van der Waals surface area contributed by atoms with Gasteiger partial charge in [0.05, 0.1) is 0 Å². The number of hydrogen-bond acceptors (Lipinski definition) is 2. The Hall–Kier alpha value is -0.570. The van der Waals surface area contributed by atoms with Crippen molar-refractivity contribution in [3.05, 3.63) is 0 Å². The number of ether oxygens (including phenoxy) is 1. The molecule has 90 valence electrons. The first-order valence-electron chi connectivity index (χ1n) is 6.49. The van der Waals surface area contributed by atoms with Gasteiger partial charge in [-0.25, -0.2) is 0 Å². The zero-order valence-electron chi connectivity index (χ0n) is 10.2. The highest BCUT2D eigenvalue weighted by Gasteiger charge is 2.53. The van der Waals surface area contributed by atoms with E-state index in [2.05, 4.69) is 11.8 Å². The Morgan fingerprint density at radius 1 is 1.31 bits per heavy atom. The summed E-state index contributed by atoms with van der Waals surface area (Å²) in [5.41, 5.74) is 0. The number of likely N-dealkylation sites (tertiary alicyclic amines) is 1. The maximum absolute atomic E-state index is 12.1. The minimum atomic E-state index is 0.205. The highest BCUT2D eigenvalue weighted by Crippen LogP contribution is 2.53. The van der Waals surface area contributed by atoms with Crippen molar-refractivity contribution in [2.24, 2.45) is 23.7 Å². The lowest BCUT2D eigenvalue weighted by Gasteiger charge is -2.42. The Morgan fingerprint density at radius 2 is 2.06 bits per heavy atom. The number of methoxy groups -OCH3 is 1. The SMILES string of the molecule is COCC(=O)N1CC2CC3CC(C2)C1C3C. The number of piperidine rings is 1. The second-order valence-corrected chi connectivity index (χ2v) is 5.92. The van der Waals surface area contributed by atoms with Crippen LogP contribution in [0.4, 0.5) is 0 Å². The molecule has 0 aromatic heterocycles. The van der Waals surface area contributed by atoms with Crippen LogP contribution in [0.15, 0.2) is 0 Å². The van der Waals surface area contributed by atoms with Gasteiger partial charge in [0.2, 0.25) is 5.91 Å². The van der Waals surface area contributed by atoms with Gasteiger partial charge >= 0.3 is 0 Å². The molecule has 1 amide bonds. The number of carbonyl (C=O) groups is 1. The third kappa shape index (κ3) is 1.41. The van der Waals surface area contributed by atoms with Gasteiger partial charge in [0.15, 0.2) is 0 Å². The van der Waals surface area contributed by atoms with Crippen LogP contribution in [0.25, 0.3) is 0 Å². The van der Waals surface area contributed by atoms with E-state index in [0.29, 0.717) is 12.0 Å². The summed E-state index contributed by atoms with van der Waals surface area (Å²) in [6, 6.07) is 0.520. The van der Waals surface area contributed by atoms with E-state index < -0.39 is 0 Å². The summed E-state index contributed by atoms with van der Waals surface area (Å²) in [6.07, 6.45) is 4.08. The van der Waals surface area contributed by atoms with Crippen LogP contribution in [0.2, 0.25) is 0 Å². The van der Waals surface area contributed by atoms with Crippen molar-refractivity contribution >= 4 is 5.91 Å². The van der Waals surface area contributed by atoms with Crippen molar-refractivity contribution in [3.8, 4) is 0 Å². The Bertz CT molecular complexity index is 300. The normalized spacial score (nSPS) is 45.1. The summed E-state index contributed by atoms with van der Waals surface area (Å²) < 4.78 is 5.00. The molecule has 1 heterocycles. The van der Waals surface area contributed by atoms with Crippen LogP contribution in [0.1, 0.15) is 26.2 Å². The molecule has 2 saturated carbocycles. The smallest absolute Gasteiger partial charge is 0.248 e. The first-order valence-corrected chi connectivity index (χ1v) is 6.49. The number of fused-ring (bicyclic) bond motifs is 2. The van der Waals surface area contributed by atoms with Crippen LogP contribution in [-0.2, 0) is 9.53 Å². The van der Waals surface area contributed by atoms with Gasteiger partial charge in [-0.2, -0.15) is 0 Å². The summed E-state index contributed by atoms with van der Waals surface area (Å²) in [4.78, 5) is 14.2. The van der Waals surface area contributed by atoms with E-state index >= 15 is 0 Å². The Labute approximate surface area is 97.1 Å². The molecule has 0 aromatic rings. The van der Waals surface area contributed by atoms with Crippen LogP contribution in [0.5, 0.6) is 0 Å². The van der Waals surface area contributed by atoms with Crippen molar-refractivity contribution in [3.63, 3.8) is 0 Å². The summed E-state index contributed by atoms with van der Waals surface area (Å²) >= 11 is 0. The molecule has 3 heteroatoms. The molecular weight excluding hydrogens is 202 g/mol. The van der Waals surface area contributed by atoms with Crippen molar-refractivity contribution in [1.29, 1.82) is 0 Å². The molecule has 0 N–H and O–H groups in total. The number of hydrogen-bond donors (Lipinski definition) is 0. The average Bonchev–Trinajstić information content (AvgIpc) is 2.41. The molecule has 3 aliphatic rings. The second-order valence-electron chi connectivity index (χ2n) is 5.92. The fourth-order valence-corrected chi connectivity index (χ4v) is 4.51. The quantitative estimate of drug-likeness (QED) is 0.710. The Kier molecular flexibility index (Phi) is 2.46. The van der Waals surface area contributed by atoms with Crippen molar-refractivity contribution in [1.82, 2.24) is 4.90 Å². The topological polar surface area (TPSA) is 29.5 Å². The fourth-order valence-electron chi connectivity index (χ4n) is 4.51. The third-order valence-electron chi connectivity index (χ3n) is 5.05. The van der Waals surface area contributed by atoms with E-state index in [1.807, 2.05) is 0 Å². The molecule has 2 aliphatic carbocycles. The minimum absolute atomic E-state index is 0.205. The highest BCUT2D eigenvalue weighted by molar-refractivity contribution is 5.78. The van der Waals surface area contributed by atoms with E-state index in [0.717, 1.165) is 24.3 Å². The van der Waals surface area contributed by atoms with Gasteiger partial charge in [-0.05, 0) is 42.9 Å². The molecule has 3 fully saturated rings. The second kappa shape index (κ2) is 3.73. The number of carbonyl (C=O) groups excluding carboxylic acids is 1. The highest BCUT2D eigenvalue weighted by atomic mass is 16.5. The molecule has 3 bridgehead atoms. The predicted octanol–water partition coefficient (Wildman–Crippen LogP) is 1.53. The van der Waals surface area contributed by atoms with Crippen molar-refractivity contribution in [2.75, 3.05) is 20.3 Å². The van der Waals surface area contributed by atoms with E-state index in [9.17, 15) is 4.79 Å². The largest absolute Gasteiger partial charge is 0.375 e. The molecule has 3 rings (SSSR count). The van der Waals surface area contributed by atoms with Gasteiger partial charge in [0.25, 0.3) is 0 Å². The van der Waals surface area contributed by atoms with E-state index in [1.165, 1.54) is 19.3 Å². The number of amides is 1. The fraction of sp³-hybridized carbons (Fsp3) is 0.923. The molecule has 3 nitrogen and oxygen atoms in total. The van der Waals surface area contributed by atoms with Gasteiger partial charge < -0.3 is 9.64 Å².